The van der Waals surface area contributed by atoms with E-state index in [9.17, 15) is 4.79 Å². The lowest BCUT2D eigenvalue weighted by Gasteiger charge is -2.23. The number of carbonyl (C=O) groups is 1. The molecule has 3 N–H and O–H groups in total. The maximum atomic E-state index is 11.5. The molecular formula is C13H20N4OS. The first-order valence-corrected chi connectivity index (χ1v) is 6.62. The van der Waals surface area contributed by atoms with Crippen LogP contribution in [0, 0.1) is 6.92 Å². The van der Waals surface area contributed by atoms with Crippen molar-refractivity contribution in [1.29, 1.82) is 0 Å². The first kappa shape index (κ1) is 15.4. The molecule has 1 amide bonds. The van der Waals surface area contributed by atoms with Crippen LogP contribution in [0.15, 0.2) is 12.1 Å². The molecule has 0 radical (unpaired) electrons. The Balaban J connectivity index is 3.07. The van der Waals surface area contributed by atoms with Gasteiger partial charge in [-0.1, -0.05) is 19.1 Å². The molecule has 0 aliphatic rings. The maximum Gasteiger partial charge on any atom is 0.239 e. The fourth-order valence-corrected chi connectivity index (χ4v) is 1.87. The summed E-state index contributed by atoms with van der Waals surface area (Å²) >= 11 is 5.00. The predicted octanol–water partition coefficient (Wildman–Crippen LogP) is 0.987. The zero-order chi connectivity index (χ0) is 14.4. The number of carbonyl (C=O) groups excluding carboxylic acids is 1. The summed E-state index contributed by atoms with van der Waals surface area (Å²) in [6.45, 7) is 4.97. The summed E-state index contributed by atoms with van der Waals surface area (Å²) in [5.41, 5.74) is 7.26. The topological polar surface area (TPSA) is 71.2 Å². The van der Waals surface area contributed by atoms with Crippen LogP contribution in [0.3, 0.4) is 0 Å². The number of aryl methyl sites for hydroxylation is 1. The second-order valence-electron chi connectivity index (χ2n) is 4.31. The molecule has 1 aromatic heterocycles. The van der Waals surface area contributed by atoms with E-state index >= 15 is 0 Å². The minimum absolute atomic E-state index is 0.0476. The Morgan fingerprint density at radius 2 is 2.21 bits per heavy atom. The quantitative estimate of drug-likeness (QED) is 0.760. The van der Waals surface area contributed by atoms with E-state index in [0.29, 0.717) is 4.99 Å². The summed E-state index contributed by atoms with van der Waals surface area (Å²) in [6.07, 6.45) is 0.926. The van der Waals surface area contributed by atoms with Crippen molar-refractivity contribution in [2.75, 3.05) is 25.0 Å². The van der Waals surface area contributed by atoms with Gasteiger partial charge in [-0.2, -0.15) is 0 Å². The third-order valence-electron chi connectivity index (χ3n) is 2.66. The summed E-state index contributed by atoms with van der Waals surface area (Å²) in [5.74, 6) is 0.682. The van der Waals surface area contributed by atoms with Crippen molar-refractivity contribution < 1.29 is 4.79 Å². The van der Waals surface area contributed by atoms with Gasteiger partial charge in [-0.25, -0.2) is 4.98 Å². The number of nitrogens with zero attached hydrogens (tertiary/aromatic N) is 2. The number of nitrogens with two attached hydrogens (primary N) is 1. The van der Waals surface area contributed by atoms with Crippen LogP contribution in [0.1, 0.15) is 24.6 Å². The molecule has 0 unspecified atom stereocenters. The lowest BCUT2D eigenvalue weighted by atomic mass is 10.2. The van der Waals surface area contributed by atoms with Gasteiger partial charge in [0.15, 0.2) is 0 Å². The number of rotatable bonds is 6. The third-order valence-corrected chi connectivity index (χ3v) is 2.89. The van der Waals surface area contributed by atoms with Crippen molar-refractivity contribution in [2.45, 2.75) is 20.3 Å². The molecule has 0 saturated heterocycles. The average molecular weight is 280 g/mol. The van der Waals surface area contributed by atoms with E-state index in [1.54, 1.807) is 7.05 Å². The molecule has 0 aliphatic carbocycles. The molecular weight excluding hydrogens is 260 g/mol. The number of hydrogen-bond acceptors (Lipinski definition) is 4. The highest BCUT2D eigenvalue weighted by Gasteiger charge is 2.13. The minimum atomic E-state index is -0.0476. The first-order valence-electron chi connectivity index (χ1n) is 6.22. The molecule has 0 fully saturated rings. The highest BCUT2D eigenvalue weighted by atomic mass is 32.1. The number of nitrogens with one attached hydrogen (secondary N) is 1. The number of amides is 1. The average Bonchev–Trinajstić information content (AvgIpc) is 2.37. The Morgan fingerprint density at radius 1 is 1.53 bits per heavy atom. The molecule has 0 saturated carbocycles. The Hall–Kier alpha value is -1.69. The monoisotopic (exact) mass is 280 g/mol. The lowest BCUT2D eigenvalue weighted by Crippen LogP contribution is -2.36. The number of likely N-dealkylation sites (N-methyl/N-ethyl adjacent to an activating group) is 1. The fourth-order valence-electron chi connectivity index (χ4n) is 1.75. The number of hydrogen-bond donors (Lipinski definition) is 2. The van der Waals surface area contributed by atoms with Crippen LogP contribution >= 0.6 is 12.2 Å². The molecule has 5 nitrogen and oxygen atoms in total. The van der Waals surface area contributed by atoms with Crippen LogP contribution < -0.4 is 16.0 Å². The van der Waals surface area contributed by atoms with E-state index in [-0.39, 0.29) is 12.5 Å². The van der Waals surface area contributed by atoms with Crippen molar-refractivity contribution in [1.82, 2.24) is 10.3 Å². The van der Waals surface area contributed by atoms with Crippen LogP contribution in [0.5, 0.6) is 0 Å². The number of thiocarbonyl (C=S) groups is 1. The van der Waals surface area contributed by atoms with Crippen molar-refractivity contribution in [3.63, 3.8) is 0 Å². The van der Waals surface area contributed by atoms with Gasteiger partial charge in [-0.3, -0.25) is 4.79 Å². The number of pyridine rings is 1. The van der Waals surface area contributed by atoms with E-state index in [4.69, 9.17) is 18.0 Å². The zero-order valence-corrected chi connectivity index (χ0v) is 12.4. The van der Waals surface area contributed by atoms with Gasteiger partial charge in [0.2, 0.25) is 5.91 Å². The Labute approximate surface area is 119 Å². The SMILES string of the molecule is CCCN(CC(=O)NC)c1cc(C(N)=S)cc(C)n1. The number of aromatic nitrogens is 1. The van der Waals surface area contributed by atoms with E-state index in [1.165, 1.54) is 0 Å². The van der Waals surface area contributed by atoms with Crippen LogP contribution in [0.4, 0.5) is 5.82 Å². The van der Waals surface area contributed by atoms with Gasteiger partial charge in [0.05, 0.1) is 6.54 Å². The van der Waals surface area contributed by atoms with Crippen molar-refractivity contribution >= 4 is 28.9 Å². The predicted molar refractivity (Wildman–Crippen MR) is 81.4 cm³/mol. The minimum Gasteiger partial charge on any atom is -0.389 e. The van der Waals surface area contributed by atoms with Crippen LogP contribution in [-0.2, 0) is 4.79 Å². The highest BCUT2D eigenvalue weighted by molar-refractivity contribution is 7.80. The third kappa shape index (κ3) is 4.48. The van der Waals surface area contributed by atoms with Gasteiger partial charge in [0.1, 0.15) is 10.8 Å². The van der Waals surface area contributed by atoms with Gasteiger partial charge in [0, 0.05) is 24.8 Å². The van der Waals surface area contributed by atoms with Gasteiger partial charge in [-0.15, -0.1) is 0 Å². The molecule has 0 atom stereocenters. The van der Waals surface area contributed by atoms with E-state index in [2.05, 4.69) is 17.2 Å². The summed E-state index contributed by atoms with van der Waals surface area (Å²) in [7, 11) is 1.62. The molecule has 1 aromatic rings. The molecule has 6 heteroatoms. The lowest BCUT2D eigenvalue weighted by molar-refractivity contribution is -0.119. The molecule has 1 heterocycles. The Morgan fingerprint density at radius 3 is 2.74 bits per heavy atom. The van der Waals surface area contributed by atoms with Crippen LogP contribution in [0.25, 0.3) is 0 Å². The molecule has 0 aliphatic heterocycles. The molecule has 0 spiro atoms. The molecule has 104 valence electrons. The maximum absolute atomic E-state index is 11.5. The molecule has 0 aromatic carbocycles. The van der Waals surface area contributed by atoms with Crippen LogP contribution in [-0.4, -0.2) is 36.0 Å². The molecule has 19 heavy (non-hydrogen) atoms. The summed E-state index contributed by atoms with van der Waals surface area (Å²) in [4.78, 5) is 18.3. The molecule has 1 rings (SSSR count). The van der Waals surface area contributed by atoms with E-state index in [1.807, 2.05) is 24.0 Å². The van der Waals surface area contributed by atoms with Crippen molar-refractivity contribution in [3.8, 4) is 0 Å². The smallest absolute Gasteiger partial charge is 0.239 e. The molecule has 0 bridgehead atoms. The highest BCUT2D eigenvalue weighted by Crippen LogP contribution is 2.15. The fraction of sp³-hybridized carbons (Fsp3) is 0.462. The largest absolute Gasteiger partial charge is 0.389 e. The first-order chi connectivity index (χ1) is 8.97. The summed E-state index contributed by atoms with van der Waals surface area (Å²) in [5, 5.41) is 2.62. The van der Waals surface area contributed by atoms with Crippen molar-refractivity contribution in [2.24, 2.45) is 5.73 Å². The number of anilines is 1. The van der Waals surface area contributed by atoms with Crippen molar-refractivity contribution in [3.05, 3.63) is 23.4 Å². The second-order valence-corrected chi connectivity index (χ2v) is 4.75. The Bertz CT molecular complexity index is 476. The zero-order valence-electron chi connectivity index (χ0n) is 11.6. The summed E-state index contributed by atoms with van der Waals surface area (Å²) < 4.78 is 0. The second kappa shape index (κ2) is 7.04. The van der Waals surface area contributed by atoms with Gasteiger partial charge in [-0.05, 0) is 25.5 Å². The van der Waals surface area contributed by atoms with Gasteiger partial charge >= 0.3 is 0 Å². The van der Waals surface area contributed by atoms with E-state index in [0.717, 1.165) is 30.0 Å². The van der Waals surface area contributed by atoms with Gasteiger partial charge in [0.25, 0.3) is 0 Å². The summed E-state index contributed by atoms with van der Waals surface area (Å²) in [6, 6.07) is 3.67. The normalized spacial score (nSPS) is 10.1. The van der Waals surface area contributed by atoms with Gasteiger partial charge < -0.3 is 16.0 Å². The van der Waals surface area contributed by atoms with Crippen LogP contribution in [0.2, 0.25) is 0 Å². The Kier molecular flexibility index (Phi) is 5.69. The van der Waals surface area contributed by atoms with E-state index < -0.39 is 0 Å². The standard InChI is InChI=1S/C13H20N4OS/c1-4-5-17(8-12(18)15-3)11-7-10(13(14)19)6-9(2)16-11/h6-7H,4-5,8H2,1-3H3,(H2,14,19)(H,15,18).